The molecule has 0 radical (unpaired) electrons. The summed E-state index contributed by atoms with van der Waals surface area (Å²) in [5, 5.41) is 5.20. The lowest BCUT2D eigenvalue weighted by Crippen LogP contribution is -2.41. The number of hydrogen-bond donors (Lipinski definition) is 1. The minimum atomic E-state index is -4.93. The highest BCUT2D eigenvalue weighted by atomic mass is 32.2. The molecule has 3 heterocycles. The molecule has 1 fully saturated rings. The van der Waals surface area contributed by atoms with Gasteiger partial charge in [-0.25, -0.2) is 36.2 Å². The number of nitrogen functional groups attached to an aromatic ring is 1. The Hall–Kier alpha value is -4.76. The maximum Gasteiger partial charge on any atom is 0.250 e. The summed E-state index contributed by atoms with van der Waals surface area (Å²) in [7, 11) is -4.93. The number of hydrogen-bond acceptors (Lipinski definition) is 8. The van der Waals surface area contributed by atoms with E-state index in [1.54, 1.807) is 24.3 Å². The van der Waals surface area contributed by atoms with Crippen molar-refractivity contribution in [2.75, 3.05) is 18.8 Å². The van der Waals surface area contributed by atoms with Crippen LogP contribution in [0.3, 0.4) is 0 Å². The minimum absolute atomic E-state index is 0.105. The molecule has 15 heteroatoms. The van der Waals surface area contributed by atoms with E-state index in [1.165, 1.54) is 24.9 Å². The highest BCUT2D eigenvalue weighted by molar-refractivity contribution is 7.89. The van der Waals surface area contributed by atoms with Crippen LogP contribution >= 0.6 is 0 Å². The fourth-order valence-corrected chi connectivity index (χ4v) is 7.07. The number of halogens is 4. The van der Waals surface area contributed by atoms with Crippen LogP contribution in [-0.4, -0.2) is 51.7 Å². The Morgan fingerprint density at radius 2 is 1.59 bits per heavy atom. The second kappa shape index (κ2) is 12.2. The van der Waals surface area contributed by atoms with Crippen LogP contribution in [0.5, 0.6) is 17.2 Å². The minimum Gasteiger partial charge on any atom is -0.486 e. The van der Waals surface area contributed by atoms with Crippen molar-refractivity contribution < 1.29 is 35.5 Å². The number of sulfonamides is 1. The average molecular weight is 657 g/mol. The van der Waals surface area contributed by atoms with Crippen LogP contribution < -0.4 is 15.2 Å². The molecule has 0 aliphatic carbocycles. The first kappa shape index (κ1) is 31.2. The third-order valence-electron chi connectivity index (χ3n) is 7.46. The number of anilines is 1. The summed E-state index contributed by atoms with van der Waals surface area (Å²) in [5.74, 6) is -8.26. The van der Waals surface area contributed by atoms with Gasteiger partial charge in [0.05, 0.1) is 17.5 Å². The SMILES string of the molecule is CC(C)Oc1c(F)c(F)c(F)c(F)c1S(=O)(=O)N1CCCC(n2nc(-c3ccc(Oc4ccccc4)cc3)c3c(N)ncnc32)C1. The van der Waals surface area contributed by atoms with Crippen LogP contribution in [0.2, 0.25) is 0 Å². The summed E-state index contributed by atoms with van der Waals surface area (Å²) < 4.78 is 99.3. The van der Waals surface area contributed by atoms with E-state index in [9.17, 15) is 21.6 Å². The molecule has 10 nitrogen and oxygen atoms in total. The van der Waals surface area contributed by atoms with E-state index in [-0.39, 0.29) is 25.3 Å². The Morgan fingerprint density at radius 3 is 2.28 bits per heavy atom. The molecule has 1 atom stereocenters. The number of para-hydroxylation sites is 1. The summed E-state index contributed by atoms with van der Waals surface area (Å²) in [5.41, 5.74) is 7.67. The first-order valence-corrected chi connectivity index (χ1v) is 15.8. The number of fused-ring (bicyclic) bond motifs is 1. The maximum absolute atomic E-state index is 15.1. The average Bonchev–Trinajstić information content (AvgIpc) is 3.44. The molecule has 1 aliphatic rings. The van der Waals surface area contributed by atoms with E-state index in [0.29, 0.717) is 40.2 Å². The molecule has 1 unspecified atom stereocenters. The second-order valence-corrected chi connectivity index (χ2v) is 12.8. The van der Waals surface area contributed by atoms with Crippen molar-refractivity contribution in [2.45, 2.75) is 43.7 Å². The van der Waals surface area contributed by atoms with E-state index >= 15 is 4.39 Å². The largest absolute Gasteiger partial charge is 0.486 e. The van der Waals surface area contributed by atoms with Gasteiger partial charge < -0.3 is 15.2 Å². The smallest absolute Gasteiger partial charge is 0.250 e. The molecule has 240 valence electrons. The van der Waals surface area contributed by atoms with Crippen LogP contribution in [-0.2, 0) is 10.0 Å². The van der Waals surface area contributed by atoms with Gasteiger partial charge in [-0.05, 0) is 63.1 Å². The molecule has 2 N–H and O–H groups in total. The Bertz CT molecular complexity index is 2030. The summed E-state index contributed by atoms with van der Waals surface area (Å²) >= 11 is 0. The van der Waals surface area contributed by atoms with Gasteiger partial charge in [0.2, 0.25) is 21.7 Å². The third kappa shape index (κ3) is 5.60. The molecular weight excluding hydrogens is 628 g/mol. The summed E-state index contributed by atoms with van der Waals surface area (Å²) in [4.78, 5) is 7.07. The second-order valence-electron chi connectivity index (χ2n) is 10.9. The topological polar surface area (TPSA) is 125 Å². The Kier molecular flexibility index (Phi) is 8.29. The zero-order valence-electron chi connectivity index (χ0n) is 24.6. The lowest BCUT2D eigenvalue weighted by molar-refractivity contribution is 0.211. The van der Waals surface area contributed by atoms with Crippen LogP contribution in [0.25, 0.3) is 22.3 Å². The molecule has 46 heavy (non-hydrogen) atoms. The van der Waals surface area contributed by atoms with Crippen molar-refractivity contribution in [1.82, 2.24) is 24.1 Å². The zero-order valence-corrected chi connectivity index (χ0v) is 25.4. The lowest BCUT2D eigenvalue weighted by atomic mass is 10.1. The first-order chi connectivity index (χ1) is 22.0. The van der Waals surface area contributed by atoms with Crippen LogP contribution in [0.15, 0.2) is 65.8 Å². The molecule has 0 saturated carbocycles. The number of nitrogens with zero attached hydrogens (tertiary/aromatic N) is 5. The number of aromatic nitrogens is 4. The van der Waals surface area contributed by atoms with Gasteiger partial charge in [0, 0.05) is 18.7 Å². The number of nitrogens with two attached hydrogens (primary N) is 1. The van der Waals surface area contributed by atoms with Gasteiger partial charge in [0.15, 0.2) is 27.9 Å². The molecule has 3 aromatic carbocycles. The van der Waals surface area contributed by atoms with E-state index in [0.717, 1.165) is 4.31 Å². The quantitative estimate of drug-likeness (QED) is 0.118. The van der Waals surface area contributed by atoms with Crippen molar-refractivity contribution in [3.05, 3.63) is 84.2 Å². The van der Waals surface area contributed by atoms with Crippen molar-refractivity contribution in [2.24, 2.45) is 0 Å². The highest BCUT2D eigenvalue weighted by Crippen LogP contribution is 2.39. The van der Waals surface area contributed by atoms with Crippen LogP contribution in [0.1, 0.15) is 32.7 Å². The van der Waals surface area contributed by atoms with Crippen molar-refractivity contribution in [3.8, 4) is 28.5 Å². The van der Waals surface area contributed by atoms with E-state index < -0.39 is 56.1 Å². The zero-order chi connectivity index (χ0) is 32.7. The normalized spacial score (nSPS) is 15.8. The number of benzene rings is 3. The molecule has 1 saturated heterocycles. The van der Waals surface area contributed by atoms with Gasteiger partial charge in [0.1, 0.15) is 29.3 Å². The molecule has 2 aromatic heterocycles. The van der Waals surface area contributed by atoms with E-state index in [4.69, 9.17) is 20.3 Å². The fraction of sp³-hybridized carbons (Fsp3) is 0.258. The summed E-state index contributed by atoms with van der Waals surface area (Å²) in [6, 6.07) is 15.7. The fourth-order valence-electron chi connectivity index (χ4n) is 5.39. The van der Waals surface area contributed by atoms with Gasteiger partial charge in [-0.15, -0.1) is 0 Å². The Labute approximate surface area is 261 Å². The molecule has 0 bridgehead atoms. The molecule has 0 spiro atoms. The molecule has 0 amide bonds. The summed E-state index contributed by atoms with van der Waals surface area (Å²) in [6.07, 6.45) is 1.09. The molecular formula is C31H28F4N6O4S. The molecule has 5 aromatic rings. The first-order valence-electron chi connectivity index (χ1n) is 14.3. The standard InChI is InChI=1S/C31H28F4N6O4S/c1-17(2)44-28-25(34)23(32)24(33)26(35)29(28)46(42,43)40-14-6-7-19(15-40)41-31-22(30(36)37-16-38-31)27(39-41)18-10-12-21(13-11-18)45-20-8-4-3-5-9-20/h3-5,8-13,16-17,19H,6-7,14-15H2,1-2H3,(H2,36,37,38). The maximum atomic E-state index is 15.1. The van der Waals surface area contributed by atoms with Crippen molar-refractivity contribution in [1.29, 1.82) is 0 Å². The van der Waals surface area contributed by atoms with Crippen molar-refractivity contribution >= 4 is 26.9 Å². The highest BCUT2D eigenvalue weighted by Gasteiger charge is 2.40. The van der Waals surface area contributed by atoms with E-state index in [2.05, 4.69) is 9.97 Å². The van der Waals surface area contributed by atoms with Gasteiger partial charge in [-0.1, -0.05) is 18.2 Å². The van der Waals surface area contributed by atoms with E-state index in [1.807, 2.05) is 30.3 Å². The third-order valence-corrected chi connectivity index (χ3v) is 9.36. The van der Waals surface area contributed by atoms with Gasteiger partial charge in [-0.3, -0.25) is 0 Å². The summed E-state index contributed by atoms with van der Waals surface area (Å²) in [6.45, 7) is 2.44. The van der Waals surface area contributed by atoms with Gasteiger partial charge >= 0.3 is 0 Å². The van der Waals surface area contributed by atoms with Gasteiger partial charge in [-0.2, -0.15) is 13.8 Å². The van der Waals surface area contributed by atoms with Crippen LogP contribution in [0.4, 0.5) is 23.4 Å². The predicted molar refractivity (Wildman–Crippen MR) is 161 cm³/mol. The number of piperidine rings is 1. The molecule has 1 aliphatic heterocycles. The lowest BCUT2D eigenvalue weighted by Gasteiger charge is -2.32. The molecule has 6 rings (SSSR count). The van der Waals surface area contributed by atoms with Crippen molar-refractivity contribution in [3.63, 3.8) is 0 Å². The Morgan fingerprint density at radius 1 is 0.913 bits per heavy atom. The number of rotatable bonds is 8. The Balaban J connectivity index is 1.36. The number of ether oxygens (including phenoxy) is 2. The van der Waals surface area contributed by atoms with Crippen LogP contribution in [0, 0.1) is 23.3 Å². The monoisotopic (exact) mass is 656 g/mol. The van der Waals surface area contributed by atoms with Gasteiger partial charge in [0.25, 0.3) is 0 Å². The predicted octanol–water partition coefficient (Wildman–Crippen LogP) is 6.24.